The lowest BCUT2D eigenvalue weighted by Gasteiger charge is -2.48. The van der Waals surface area contributed by atoms with Gasteiger partial charge in [-0.05, 0) is 18.4 Å². The highest BCUT2D eigenvalue weighted by atomic mass is 16.4. The molecule has 4 N–H and O–H groups in total. The predicted octanol–water partition coefficient (Wildman–Crippen LogP) is -1.35. The van der Waals surface area contributed by atoms with Gasteiger partial charge in [0.05, 0.1) is 12.6 Å². The van der Waals surface area contributed by atoms with E-state index in [1.807, 2.05) is 0 Å². The molecule has 2 rings (SSSR count). The van der Waals surface area contributed by atoms with Gasteiger partial charge in [-0.2, -0.15) is 0 Å². The lowest BCUT2D eigenvalue weighted by atomic mass is 9.84. The molecule has 0 aromatic carbocycles. The third kappa shape index (κ3) is 1.25. The monoisotopic (exact) mass is 212 g/mol. The van der Waals surface area contributed by atoms with Crippen molar-refractivity contribution in [1.29, 1.82) is 0 Å². The summed E-state index contributed by atoms with van der Waals surface area (Å²) in [7, 11) is 0. The van der Waals surface area contributed by atoms with Crippen molar-refractivity contribution < 1.29 is 19.8 Å². The minimum atomic E-state index is -1.18. The largest absolute Gasteiger partial charge is 0.477 e. The second-order valence-electron chi connectivity index (χ2n) is 3.76. The lowest BCUT2D eigenvalue weighted by Crippen LogP contribution is -2.69. The van der Waals surface area contributed by atoms with Crippen LogP contribution in [0, 0.1) is 0 Å². The van der Waals surface area contributed by atoms with E-state index in [9.17, 15) is 9.59 Å². The van der Waals surface area contributed by atoms with Crippen LogP contribution in [0.15, 0.2) is 11.3 Å². The summed E-state index contributed by atoms with van der Waals surface area (Å²) in [6, 6.07) is -0.793. The van der Waals surface area contributed by atoms with Crippen molar-refractivity contribution in [3.63, 3.8) is 0 Å². The van der Waals surface area contributed by atoms with Gasteiger partial charge in [-0.15, -0.1) is 0 Å². The number of amides is 1. The van der Waals surface area contributed by atoms with E-state index in [1.54, 1.807) is 0 Å². The van der Waals surface area contributed by atoms with Crippen molar-refractivity contribution in [2.24, 2.45) is 5.73 Å². The number of aliphatic hydroxyl groups excluding tert-OH is 1. The summed E-state index contributed by atoms with van der Waals surface area (Å²) in [5.74, 6) is -1.55. The molecule has 0 bridgehead atoms. The second-order valence-corrected chi connectivity index (χ2v) is 3.76. The van der Waals surface area contributed by atoms with Gasteiger partial charge in [0.2, 0.25) is 5.91 Å². The first-order valence-electron chi connectivity index (χ1n) is 4.72. The standard InChI is InChI=1S/C9H12N2O4/c10-6-5-2-1-4(3-12)7(9(14)15)11(5)8(6)13/h5-6,12H,1-3,10H2,(H,14,15). The van der Waals surface area contributed by atoms with Crippen LogP contribution < -0.4 is 5.73 Å². The van der Waals surface area contributed by atoms with Crippen molar-refractivity contribution in [1.82, 2.24) is 4.90 Å². The number of carboxylic acid groups (broad SMARTS) is 1. The molecule has 0 aliphatic carbocycles. The Bertz CT molecular complexity index is 363. The van der Waals surface area contributed by atoms with Crippen molar-refractivity contribution in [3.8, 4) is 0 Å². The Morgan fingerprint density at radius 3 is 2.80 bits per heavy atom. The van der Waals surface area contributed by atoms with E-state index in [2.05, 4.69) is 0 Å². The number of carbonyl (C=O) groups is 2. The molecule has 0 spiro atoms. The molecule has 0 radical (unpaired) electrons. The quantitative estimate of drug-likeness (QED) is 0.491. The number of rotatable bonds is 2. The topological polar surface area (TPSA) is 104 Å². The van der Waals surface area contributed by atoms with Gasteiger partial charge >= 0.3 is 5.97 Å². The highest BCUT2D eigenvalue weighted by Gasteiger charge is 2.50. The average molecular weight is 212 g/mol. The van der Waals surface area contributed by atoms with Gasteiger partial charge in [0.25, 0.3) is 0 Å². The van der Waals surface area contributed by atoms with Crippen LogP contribution in [0.5, 0.6) is 0 Å². The summed E-state index contributed by atoms with van der Waals surface area (Å²) in [5, 5.41) is 18.0. The molecule has 82 valence electrons. The number of nitrogens with two attached hydrogens (primary N) is 1. The number of β-lactam (4-membered cyclic amide) rings is 1. The Kier molecular flexibility index (Phi) is 2.24. The SMILES string of the molecule is NC1C(=O)N2C(C(=O)O)=C(CO)CCC12. The number of fused-ring (bicyclic) bond motifs is 1. The summed E-state index contributed by atoms with van der Waals surface area (Å²) >= 11 is 0. The fourth-order valence-corrected chi connectivity index (χ4v) is 2.17. The molecule has 2 aliphatic rings. The zero-order valence-corrected chi connectivity index (χ0v) is 8.01. The van der Waals surface area contributed by atoms with Gasteiger partial charge < -0.3 is 15.9 Å². The molecule has 2 atom stereocenters. The van der Waals surface area contributed by atoms with E-state index in [0.29, 0.717) is 18.4 Å². The minimum Gasteiger partial charge on any atom is -0.477 e. The van der Waals surface area contributed by atoms with Crippen LogP contribution in [0.2, 0.25) is 0 Å². The first-order chi connectivity index (χ1) is 7.07. The van der Waals surface area contributed by atoms with E-state index >= 15 is 0 Å². The van der Waals surface area contributed by atoms with Crippen molar-refractivity contribution in [2.75, 3.05) is 6.61 Å². The van der Waals surface area contributed by atoms with E-state index in [-0.39, 0.29) is 24.3 Å². The van der Waals surface area contributed by atoms with Crippen LogP contribution in [0.4, 0.5) is 0 Å². The maximum Gasteiger partial charge on any atom is 0.352 e. The molecule has 1 saturated heterocycles. The zero-order chi connectivity index (χ0) is 11.2. The van der Waals surface area contributed by atoms with E-state index < -0.39 is 12.0 Å². The van der Waals surface area contributed by atoms with Crippen LogP contribution in [-0.2, 0) is 9.59 Å². The maximum absolute atomic E-state index is 11.4. The van der Waals surface area contributed by atoms with Crippen molar-refractivity contribution >= 4 is 11.9 Å². The molecular formula is C9H12N2O4. The van der Waals surface area contributed by atoms with Gasteiger partial charge in [-0.1, -0.05) is 0 Å². The molecule has 1 fully saturated rings. The zero-order valence-electron chi connectivity index (χ0n) is 8.01. The maximum atomic E-state index is 11.4. The molecule has 0 saturated carbocycles. The molecule has 2 unspecified atom stereocenters. The Balaban J connectivity index is 2.38. The van der Waals surface area contributed by atoms with E-state index in [4.69, 9.17) is 15.9 Å². The van der Waals surface area contributed by atoms with E-state index in [1.165, 1.54) is 4.90 Å². The number of hydrogen-bond donors (Lipinski definition) is 3. The molecule has 0 aromatic heterocycles. The summed E-state index contributed by atoms with van der Waals surface area (Å²) in [5.41, 5.74) is 5.88. The van der Waals surface area contributed by atoms with Gasteiger partial charge in [0.15, 0.2) is 0 Å². The number of aliphatic hydroxyl groups is 1. The van der Waals surface area contributed by atoms with Crippen LogP contribution in [0.3, 0.4) is 0 Å². The Hall–Kier alpha value is -1.40. The summed E-state index contributed by atoms with van der Waals surface area (Å²) < 4.78 is 0. The molecule has 15 heavy (non-hydrogen) atoms. The molecule has 2 heterocycles. The molecule has 6 nitrogen and oxygen atoms in total. The molecule has 1 amide bonds. The summed E-state index contributed by atoms with van der Waals surface area (Å²) in [6.07, 6.45) is 1.11. The van der Waals surface area contributed by atoms with Crippen LogP contribution in [0.1, 0.15) is 12.8 Å². The Morgan fingerprint density at radius 1 is 1.60 bits per heavy atom. The lowest BCUT2D eigenvalue weighted by molar-refractivity contribution is -0.152. The third-order valence-electron chi connectivity index (χ3n) is 2.98. The van der Waals surface area contributed by atoms with E-state index in [0.717, 1.165) is 0 Å². The summed E-state index contributed by atoms with van der Waals surface area (Å²) in [6.45, 7) is -0.326. The highest BCUT2D eigenvalue weighted by Crippen LogP contribution is 2.35. The second kappa shape index (κ2) is 3.32. The molecule has 6 heteroatoms. The van der Waals surface area contributed by atoms with Crippen LogP contribution in [-0.4, -0.2) is 45.7 Å². The fourth-order valence-electron chi connectivity index (χ4n) is 2.17. The third-order valence-corrected chi connectivity index (χ3v) is 2.98. The normalized spacial score (nSPS) is 30.0. The smallest absolute Gasteiger partial charge is 0.352 e. The summed E-state index contributed by atoms with van der Waals surface area (Å²) in [4.78, 5) is 23.6. The van der Waals surface area contributed by atoms with Crippen molar-refractivity contribution in [2.45, 2.75) is 24.9 Å². The number of carbonyl (C=O) groups excluding carboxylic acids is 1. The number of hydrogen-bond acceptors (Lipinski definition) is 4. The molecule has 0 aromatic rings. The van der Waals surface area contributed by atoms with Gasteiger partial charge in [-0.3, -0.25) is 9.69 Å². The molecular weight excluding hydrogens is 200 g/mol. The number of carboxylic acids is 1. The predicted molar refractivity (Wildman–Crippen MR) is 49.6 cm³/mol. The highest BCUT2D eigenvalue weighted by molar-refractivity contribution is 6.00. The van der Waals surface area contributed by atoms with Gasteiger partial charge in [0, 0.05) is 0 Å². The minimum absolute atomic E-state index is 0.0829. The Labute approximate surface area is 86.0 Å². The van der Waals surface area contributed by atoms with Crippen LogP contribution in [0.25, 0.3) is 0 Å². The average Bonchev–Trinajstić information content (AvgIpc) is 2.25. The van der Waals surface area contributed by atoms with Crippen molar-refractivity contribution in [3.05, 3.63) is 11.3 Å². The molecule has 2 aliphatic heterocycles. The Morgan fingerprint density at radius 2 is 2.27 bits per heavy atom. The first-order valence-corrected chi connectivity index (χ1v) is 4.72. The van der Waals surface area contributed by atoms with Gasteiger partial charge in [-0.25, -0.2) is 4.79 Å². The number of aliphatic carboxylic acids is 1. The first kappa shape index (κ1) is 10.1. The van der Waals surface area contributed by atoms with Gasteiger partial charge in [0.1, 0.15) is 11.7 Å². The fraction of sp³-hybridized carbons (Fsp3) is 0.556. The number of nitrogens with zero attached hydrogens (tertiary/aromatic N) is 1. The van der Waals surface area contributed by atoms with Crippen LogP contribution >= 0.6 is 0 Å².